The van der Waals surface area contributed by atoms with E-state index in [1.165, 1.54) is 26.1 Å². The number of nitrogen functional groups attached to an aromatic ring is 1. The number of carbonyl (C=O) groups is 1. The van der Waals surface area contributed by atoms with Gasteiger partial charge in [0.2, 0.25) is 0 Å². The van der Waals surface area contributed by atoms with E-state index in [1.807, 2.05) is 0 Å². The second-order valence-electron chi connectivity index (χ2n) is 5.88. The minimum Gasteiger partial charge on any atom is -0.450 e. The summed E-state index contributed by atoms with van der Waals surface area (Å²) in [5, 5.41) is 39.8. The second-order valence-corrected chi connectivity index (χ2v) is 5.88. The summed E-state index contributed by atoms with van der Waals surface area (Å²) in [7, 11) is 2.97. The van der Waals surface area contributed by atoms with Crippen LogP contribution in [0.15, 0.2) is 36.4 Å². The minimum absolute atomic E-state index is 0.0515. The maximum atomic E-state index is 12.9. The number of amides is 1. The molecule has 0 aliphatic rings. The number of nitro benzene ring substituents is 1. The average Bonchev–Trinajstić information content (AvgIpc) is 2.72. The molecule has 0 saturated heterocycles. The Balaban J connectivity index is 0.00000218. The molecule has 0 fully saturated rings. The van der Waals surface area contributed by atoms with E-state index in [1.54, 1.807) is 12.1 Å². The van der Waals surface area contributed by atoms with Crippen LogP contribution in [0, 0.1) is 10.1 Å². The van der Waals surface area contributed by atoms with Gasteiger partial charge in [0.1, 0.15) is 0 Å². The van der Waals surface area contributed by atoms with Crippen LogP contribution < -0.4 is 22.4 Å². The number of anilines is 1. The first-order chi connectivity index (χ1) is 14.2. The van der Waals surface area contributed by atoms with E-state index in [-0.39, 0.29) is 17.6 Å². The fraction of sp³-hybridized carbons (Fsp3) is 0.235. The number of hydroxylamine groups is 2. The van der Waals surface area contributed by atoms with E-state index in [9.17, 15) is 30.1 Å². The van der Waals surface area contributed by atoms with Gasteiger partial charge in [-0.25, -0.2) is 9.90 Å². The summed E-state index contributed by atoms with van der Waals surface area (Å²) in [6.07, 6.45) is -1.35. The predicted octanol–water partition coefficient (Wildman–Crippen LogP) is -1.86. The lowest BCUT2D eigenvalue weighted by Gasteiger charge is -2.24. The lowest BCUT2D eigenvalue weighted by atomic mass is 9.86. The number of non-ortho nitro benzene ring substituents is 1. The Labute approximate surface area is 174 Å². The van der Waals surface area contributed by atoms with E-state index in [2.05, 4.69) is 5.73 Å². The summed E-state index contributed by atoms with van der Waals surface area (Å²) in [6.45, 7) is 1.11. The van der Waals surface area contributed by atoms with Gasteiger partial charge in [-0.1, -0.05) is 17.6 Å². The van der Waals surface area contributed by atoms with Crippen LogP contribution in [0.4, 0.5) is 11.4 Å². The third-order valence-corrected chi connectivity index (χ3v) is 3.57. The molecule has 1 atom stereocenters. The van der Waals surface area contributed by atoms with Crippen LogP contribution in [0.25, 0.3) is 0 Å². The molecule has 158 valence electrons. The van der Waals surface area contributed by atoms with Gasteiger partial charge < -0.3 is 26.6 Å². The number of nitrogens with two attached hydrogens (primary N) is 2. The van der Waals surface area contributed by atoms with Crippen molar-refractivity contribution in [3.05, 3.63) is 57.6 Å². The molecule has 7 N–H and O–H groups in total. The van der Waals surface area contributed by atoms with Gasteiger partial charge in [-0.15, -0.1) is 0 Å². The number of hydrogen-bond acceptors (Lipinski definition) is 9. The first-order valence-corrected chi connectivity index (χ1v) is 8.61. The zero-order valence-electron chi connectivity index (χ0n) is 16.4. The lowest BCUT2D eigenvalue weighted by molar-refractivity contribution is -0.384. The van der Waals surface area contributed by atoms with Crippen LogP contribution in [0.5, 0.6) is 0 Å². The molecule has 0 aromatic heterocycles. The maximum absolute atomic E-state index is 12.9. The molecule has 0 bridgehead atoms. The fourth-order valence-electron chi connectivity index (χ4n) is 2.50. The molecule has 0 saturated carbocycles. The highest BCUT2D eigenvalue weighted by atomic mass is 16.8. The van der Waals surface area contributed by atoms with Crippen LogP contribution in [0.3, 0.4) is 0 Å². The van der Waals surface area contributed by atoms with Crippen molar-refractivity contribution in [3.8, 4) is 0 Å². The van der Waals surface area contributed by atoms with E-state index >= 15 is 0 Å². The molecule has 30 heavy (non-hydrogen) atoms. The molecular weight excluding hydrogens is 394 g/mol. The zero-order chi connectivity index (χ0) is 22.8. The van der Waals surface area contributed by atoms with E-state index in [4.69, 9.17) is 10.6 Å². The first-order valence-electron chi connectivity index (χ1n) is 8.61. The van der Waals surface area contributed by atoms with Crippen LogP contribution in [0.1, 0.15) is 22.8 Å². The highest BCUT2D eigenvalue weighted by Gasteiger charge is 2.23. The zero-order valence-corrected chi connectivity index (χ0v) is 16.4. The summed E-state index contributed by atoms with van der Waals surface area (Å²) in [5.74, 6) is -0.787. The normalized spacial score (nSPS) is 11.0. The minimum atomic E-state index is -1.35. The summed E-state index contributed by atoms with van der Waals surface area (Å²) in [6, 6.07) is 7.95. The number of nitro groups is 1. The van der Waals surface area contributed by atoms with Crippen molar-refractivity contribution in [3.63, 3.8) is 0 Å². The Morgan fingerprint density at radius 2 is 1.77 bits per heavy atom. The molecule has 0 aliphatic carbocycles. The number of aliphatic hydroxyl groups is 1. The number of aliphatic hydroxyl groups excluding tert-OH is 1. The van der Waals surface area contributed by atoms with Crippen molar-refractivity contribution >= 4 is 43.2 Å². The van der Waals surface area contributed by atoms with Gasteiger partial charge in [-0.2, -0.15) is 0 Å². The number of carbonyl (C=O) groups excluding carboxylic acids is 1. The lowest BCUT2D eigenvalue weighted by Crippen LogP contribution is -2.35. The van der Waals surface area contributed by atoms with E-state index in [0.29, 0.717) is 24.2 Å². The monoisotopic (exact) mass is 416 g/mol. The van der Waals surface area contributed by atoms with E-state index < -0.39 is 22.8 Å². The van der Waals surface area contributed by atoms with Gasteiger partial charge in [-0.05, 0) is 37.1 Å². The number of nitrogens with zero attached hydrogens (tertiary/aromatic N) is 2. The Hall–Kier alpha value is -2.96. The van der Waals surface area contributed by atoms with Crippen LogP contribution in [0.2, 0.25) is 0 Å². The van der Waals surface area contributed by atoms with Gasteiger partial charge >= 0.3 is 15.0 Å². The largest absolute Gasteiger partial charge is 0.450 e. The fourth-order valence-corrected chi connectivity index (χ4v) is 2.50. The van der Waals surface area contributed by atoms with Crippen LogP contribution in [-0.2, 0) is 11.4 Å². The third kappa shape index (κ3) is 7.13. The summed E-state index contributed by atoms with van der Waals surface area (Å²) < 4.78 is 0. The Bertz CT molecular complexity index is 883. The molecule has 0 spiro atoms. The number of hydrogen-bond donors (Lipinski definition) is 5. The van der Waals surface area contributed by atoms with Gasteiger partial charge in [0.05, 0.1) is 11.5 Å². The molecule has 1 amide bonds. The van der Waals surface area contributed by atoms with Gasteiger partial charge in [0, 0.05) is 23.4 Å². The van der Waals surface area contributed by atoms with Gasteiger partial charge in [-0.3, -0.25) is 14.9 Å². The molecule has 1 unspecified atom stereocenters. The Morgan fingerprint density at radius 3 is 2.30 bits per heavy atom. The van der Waals surface area contributed by atoms with Crippen molar-refractivity contribution in [1.29, 1.82) is 0 Å². The highest BCUT2D eigenvalue weighted by Crippen LogP contribution is 2.17. The van der Waals surface area contributed by atoms with Crippen LogP contribution in [-0.4, -0.2) is 59.4 Å². The molecule has 11 nitrogen and oxygen atoms in total. The molecule has 0 heterocycles. The quantitative estimate of drug-likeness (QED) is 0.108. The summed E-state index contributed by atoms with van der Waals surface area (Å²) in [4.78, 5) is 28.4. The standard InChI is InChI=1S/C16H17B2N3O7.CH5N/c1-9(22)28-20(8-10-2-12(17-24)6-14(19)3-10)16(23)11-4-13(18-25)7-15(5-11)21(26)27;1-2/h2-7,9,22,24-25H,8,19H2,1H3;2H2,1H3. The van der Waals surface area contributed by atoms with Crippen molar-refractivity contribution < 1.29 is 29.7 Å². The molecule has 2 aromatic rings. The predicted molar refractivity (Wildman–Crippen MR) is 112 cm³/mol. The molecule has 13 heteroatoms. The van der Waals surface area contributed by atoms with Gasteiger partial charge in [0.15, 0.2) is 6.29 Å². The van der Waals surface area contributed by atoms with Crippen molar-refractivity contribution in [2.45, 2.75) is 19.8 Å². The molecule has 2 rings (SSSR count). The number of rotatable bonds is 8. The molecule has 2 radical (unpaired) electrons. The van der Waals surface area contributed by atoms with Gasteiger partial charge in [0.25, 0.3) is 11.6 Å². The summed E-state index contributed by atoms with van der Waals surface area (Å²) in [5.41, 5.74) is 11.0. The molecular formula is C17H22B2N4O7. The first kappa shape index (κ1) is 25.1. The Morgan fingerprint density at radius 1 is 1.17 bits per heavy atom. The Kier molecular flexibility index (Phi) is 9.95. The number of benzene rings is 2. The third-order valence-electron chi connectivity index (χ3n) is 3.57. The van der Waals surface area contributed by atoms with E-state index in [0.717, 1.165) is 24.7 Å². The highest BCUT2D eigenvalue weighted by molar-refractivity contribution is 6.46. The smallest absolute Gasteiger partial charge is 0.327 e. The van der Waals surface area contributed by atoms with Crippen molar-refractivity contribution in [2.75, 3.05) is 12.8 Å². The SMILES string of the molecule is CC(O)ON(Cc1cc(N)cc([B]O)c1)C(=O)c1cc([B]O)cc([N+](=O)[O-])c1.CN. The molecule has 0 aliphatic heterocycles. The average molecular weight is 416 g/mol. The van der Waals surface area contributed by atoms with Crippen molar-refractivity contribution in [2.24, 2.45) is 5.73 Å². The second kappa shape index (κ2) is 11.9. The van der Waals surface area contributed by atoms with Crippen molar-refractivity contribution in [1.82, 2.24) is 5.06 Å². The molecule has 2 aromatic carbocycles. The topological polar surface area (TPSA) is 185 Å². The maximum Gasteiger partial charge on any atom is 0.327 e. The summed E-state index contributed by atoms with van der Waals surface area (Å²) >= 11 is 0. The van der Waals surface area contributed by atoms with Crippen LogP contribution >= 0.6 is 0 Å².